The van der Waals surface area contributed by atoms with Crippen LogP contribution in [0.25, 0.3) is 11.1 Å². The van der Waals surface area contributed by atoms with E-state index in [1.807, 2.05) is 48.5 Å². The van der Waals surface area contributed by atoms with E-state index in [0.29, 0.717) is 17.1 Å². The molecule has 1 aliphatic heterocycles. The third kappa shape index (κ3) is 5.59. The molecule has 0 aromatic heterocycles. The van der Waals surface area contributed by atoms with Gasteiger partial charge in [-0.25, -0.2) is 0 Å². The summed E-state index contributed by atoms with van der Waals surface area (Å²) in [6.07, 6.45) is 2.63. The normalized spacial score (nSPS) is 14.5. The summed E-state index contributed by atoms with van der Waals surface area (Å²) >= 11 is 5.97. The monoisotopic (exact) mass is 446 g/mol. The van der Waals surface area contributed by atoms with Crippen molar-refractivity contribution in [2.45, 2.75) is 38.6 Å². The molecule has 1 aliphatic rings. The molecular formula is C28H31ClN2O. The van der Waals surface area contributed by atoms with E-state index in [1.54, 1.807) is 0 Å². The average Bonchev–Trinajstić information content (AvgIpc) is 3.32. The van der Waals surface area contributed by atoms with Gasteiger partial charge in [0.05, 0.1) is 0 Å². The molecule has 1 saturated heterocycles. The lowest BCUT2D eigenvalue weighted by Crippen LogP contribution is -2.36. The van der Waals surface area contributed by atoms with Gasteiger partial charge in [-0.15, -0.1) is 0 Å². The maximum Gasteiger partial charge on any atom is 0.251 e. The van der Waals surface area contributed by atoms with E-state index < -0.39 is 0 Å². The highest BCUT2D eigenvalue weighted by atomic mass is 35.5. The first-order chi connectivity index (χ1) is 15.4. The van der Waals surface area contributed by atoms with E-state index in [-0.39, 0.29) is 11.3 Å². The van der Waals surface area contributed by atoms with Gasteiger partial charge in [0.15, 0.2) is 0 Å². The van der Waals surface area contributed by atoms with Crippen molar-refractivity contribution in [1.29, 1.82) is 0 Å². The molecule has 3 nitrogen and oxygen atoms in total. The summed E-state index contributed by atoms with van der Waals surface area (Å²) in [6, 6.07) is 24.3. The van der Waals surface area contributed by atoms with Crippen molar-refractivity contribution in [1.82, 2.24) is 10.2 Å². The number of hydrogen-bond donors (Lipinski definition) is 1. The van der Waals surface area contributed by atoms with Gasteiger partial charge >= 0.3 is 0 Å². The fourth-order valence-electron chi connectivity index (χ4n) is 4.22. The minimum atomic E-state index is -0.148. The number of amides is 1. The van der Waals surface area contributed by atoms with E-state index in [1.165, 1.54) is 37.1 Å². The predicted octanol–water partition coefficient (Wildman–Crippen LogP) is 6.31. The molecule has 1 N–H and O–H groups in total. The predicted molar refractivity (Wildman–Crippen MR) is 133 cm³/mol. The van der Waals surface area contributed by atoms with E-state index in [2.05, 4.69) is 48.3 Å². The molecule has 4 heteroatoms. The fourth-order valence-corrected chi connectivity index (χ4v) is 4.35. The maximum atomic E-state index is 12.7. The number of halogens is 1. The SMILES string of the molecule is CC(C)(CNC(=O)c1ccc(-c2ccc(Cl)cc2)cc1)c1ccc(CN2CCCC2)cc1. The van der Waals surface area contributed by atoms with Crippen molar-refractivity contribution >= 4 is 17.5 Å². The summed E-state index contributed by atoms with van der Waals surface area (Å²) in [4.78, 5) is 15.2. The number of benzene rings is 3. The maximum absolute atomic E-state index is 12.7. The standard InChI is InChI=1S/C28H31ClN2O/c1-28(2,25-13-5-21(6-14-25)19-31-17-3-4-18-31)20-30-27(32)24-9-7-22(8-10-24)23-11-15-26(29)16-12-23/h5-16H,3-4,17-20H2,1-2H3,(H,30,32). The zero-order chi connectivity index (χ0) is 22.6. The lowest BCUT2D eigenvalue weighted by Gasteiger charge is -2.26. The second-order valence-electron chi connectivity index (χ2n) is 9.33. The molecule has 0 saturated carbocycles. The van der Waals surface area contributed by atoms with Crippen LogP contribution >= 0.6 is 11.6 Å². The van der Waals surface area contributed by atoms with Crippen LogP contribution in [-0.2, 0) is 12.0 Å². The van der Waals surface area contributed by atoms with Gasteiger partial charge in [0.1, 0.15) is 0 Å². The lowest BCUT2D eigenvalue weighted by molar-refractivity contribution is 0.0945. The fraction of sp³-hybridized carbons (Fsp3) is 0.321. The topological polar surface area (TPSA) is 32.3 Å². The van der Waals surface area contributed by atoms with Gasteiger partial charge in [-0.1, -0.05) is 74.0 Å². The Kier molecular flexibility index (Phi) is 6.98. The zero-order valence-electron chi connectivity index (χ0n) is 18.9. The number of nitrogens with zero attached hydrogens (tertiary/aromatic N) is 1. The molecule has 0 bridgehead atoms. The molecule has 0 radical (unpaired) electrons. The van der Waals surface area contributed by atoms with Gasteiger partial charge in [0.2, 0.25) is 0 Å². The highest BCUT2D eigenvalue weighted by Crippen LogP contribution is 2.25. The first-order valence-electron chi connectivity index (χ1n) is 11.4. The molecule has 32 heavy (non-hydrogen) atoms. The smallest absolute Gasteiger partial charge is 0.251 e. The molecule has 1 fully saturated rings. The molecule has 0 unspecified atom stereocenters. The van der Waals surface area contributed by atoms with Crippen LogP contribution in [-0.4, -0.2) is 30.4 Å². The molecule has 3 aromatic carbocycles. The van der Waals surface area contributed by atoms with Gasteiger partial charge in [-0.3, -0.25) is 9.69 Å². The largest absolute Gasteiger partial charge is 0.351 e. The zero-order valence-corrected chi connectivity index (χ0v) is 19.7. The van der Waals surface area contributed by atoms with Gasteiger partial charge in [-0.05, 0) is 72.5 Å². The van der Waals surface area contributed by atoms with Crippen LogP contribution in [0.5, 0.6) is 0 Å². The average molecular weight is 447 g/mol. The van der Waals surface area contributed by atoms with Crippen molar-refractivity contribution < 1.29 is 4.79 Å². The van der Waals surface area contributed by atoms with Crippen molar-refractivity contribution in [3.63, 3.8) is 0 Å². The quantitative estimate of drug-likeness (QED) is 0.461. The van der Waals surface area contributed by atoms with E-state index in [0.717, 1.165) is 17.7 Å². The second-order valence-corrected chi connectivity index (χ2v) is 9.77. The van der Waals surface area contributed by atoms with Crippen LogP contribution in [0, 0.1) is 0 Å². The molecule has 3 aromatic rings. The summed E-state index contributed by atoms with van der Waals surface area (Å²) in [6.45, 7) is 8.37. The Morgan fingerprint density at radius 3 is 2.03 bits per heavy atom. The minimum Gasteiger partial charge on any atom is -0.351 e. The number of rotatable bonds is 7. The molecule has 0 spiro atoms. The molecule has 1 amide bonds. The number of carbonyl (C=O) groups is 1. The summed E-state index contributed by atoms with van der Waals surface area (Å²) < 4.78 is 0. The first-order valence-corrected chi connectivity index (χ1v) is 11.7. The van der Waals surface area contributed by atoms with E-state index in [9.17, 15) is 4.79 Å². The van der Waals surface area contributed by atoms with E-state index >= 15 is 0 Å². The van der Waals surface area contributed by atoms with Gasteiger partial charge in [-0.2, -0.15) is 0 Å². The van der Waals surface area contributed by atoms with E-state index in [4.69, 9.17) is 11.6 Å². The van der Waals surface area contributed by atoms with Crippen LogP contribution in [0.4, 0.5) is 0 Å². The van der Waals surface area contributed by atoms with Crippen LogP contribution < -0.4 is 5.32 Å². The lowest BCUT2D eigenvalue weighted by atomic mass is 9.84. The number of likely N-dealkylation sites (tertiary alicyclic amines) is 1. The molecule has 4 rings (SSSR count). The highest BCUT2D eigenvalue weighted by molar-refractivity contribution is 6.30. The minimum absolute atomic E-state index is 0.0496. The molecule has 166 valence electrons. The summed E-state index contributed by atoms with van der Waals surface area (Å²) in [5, 5.41) is 3.83. The van der Waals surface area contributed by atoms with Crippen molar-refractivity contribution in [2.24, 2.45) is 0 Å². The first kappa shape index (κ1) is 22.6. The Morgan fingerprint density at radius 1 is 0.875 bits per heavy atom. The molecule has 1 heterocycles. The van der Waals surface area contributed by atoms with Crippen molar-refractivity contribution in [3.8, 4) is 11.1 Å². The van der Waals surface area contributed by atoms with Crippen molar-refractivity contribution in [2.75, 3.05) is 19.6 Å². The Labute approximate surface area is 196 Å². The Hall–Kier alpha value is -2.62. The van der Waals surface area contributed by atoms with Crippen LogP contribution in [0.1, 0.15) is 48.2 Å². The summed E-state index contributed by atoms with van der Waals surface area (Å²) in [5.74, 6) is -0.0496. The highest BCUT2D eigenvalue weighted by Gasteiger charge is 2.22. The molecule has 0 atom stereocenters. The summed E-state index contributed by atoms with van der Waals surface area (Å²) in [7, 11) is 0. The summed E-state index contributed by atoms with van der Waals surface area (Å²) in [5.41, 5.74) is 5.26. The Balaban J connectivity index is 1.34. The Bertz CT molecular complexity index is 1030. The second kappa shape index (κ2) is 9.89. The van der Waals surface area contributed by atoms with Crippen LogP contribution in [0.2, 0.25) is 5.02 Å². The third-order valence-electron chi connectivity index (χ3n) is 6.36. The molecular weight excluding hydrogens is 416 g/mol. The van der Waals surface area contributed by atoms with Gasteiger partial charge < -0.3 is 5.32 Å². The number of carbonyl (C=O) groups excluding carboxylic acids is 1. The van der Waals surface area contributed by atoms with Crippen molar-refractivity contribution in [3.05, 3.63) is 94.5 Å². The van der Waals surface area contributed by atoms with Crippen LogP contribution in [0.3, 0.4) is 0 Å². The van der Waals surface area contributed by atoms with Gasteiger partial charge in [0, 0.05) is 29.1 Å². The third-order valence-corrected chi connectivity index (χ3v) is 6.61. The van der Waals surface area contributed by atoms with Crippen LogP contribution in [0.15, 0.2) is 72.8 Å². The Morgan fingerprint density at radius 2 is 1.44 bits per heavy atom. The van der Waals surface area contributed by atoms with Gasteiger partial charge in [0.25, 0.3) is 5.91 Å². The molecule has 0 aliphatic carbocycles. The number of nitrogens with one attached hydrogen (secondary N) is 1. The number of hydrogen-bond acceptors (Lipinski definition) is 2.